The smallest absolute Gasteiger partial charge is 0.254 e. The quantitative estimate of drug-likeness (QED) is 0.337. The summed E-state index contributed by atoms with van der Waals surface area (Å²) in [5.41, 5.74) is 10.2. The second-order valence-corrected chi connectivity index (χ2v) is 13.8. The van der Waals surface area contributed by atoms with Crippen molar-refractivity contribution in [2.75, 3.05) is 20.3 Å². The fourth-order valence-corrected chi connectivity index (χ4v) is 7.60. The molecule has 244 valence electrons. The topological polar surface area (TPSA) is 130 Å². The molecule has 46 heavy (non-hydrogen) atoms. The van der Waals surface area contributed by atoms with Crippen LogP contribution in [0.1, 0.15) is 81.4 Å². The lowest BCUT2D eigenvalue weighted by atomic mass is 9.94. The van der Waals surface area contributed by atoms with Crippen LogP contribution in [0.5, 0.6) is 5.75 Å². The average Bonchev–Trinajstić information content (AvgIpc) is 3.73. The number of imidazole rings is 1. The maximum absolute atomic E-state index is 13.9. The number of pyridine rings is 1. The van der Waals surface area contributed by atoms with E-state index in [1.165, 1.54) is 0 Å². The summed E-state index contributed by atoms with van der Waals surface area (Å²) in [7, 11) is 3.62. The number of likely N-dealkylation sites (tertiary alicyclic amines) is 1. The summed E-state index contributed by atoms with van der Waals surface area (Å²) in [5.74, 6) is 1.72. The molecule has 2 amide bonds. The number of rotatable bonds is 3. The molecule has 2 aliphatic heterocycles. The standard InChI is InChI=1S/C35H45N7O4/c1-20-26-12-10-22-17-28(41(31(22)38-26)13-7-6-8-14-46-35(2,3)34(44)37-20)32-39-27-16-23(18-29(45-5)30(27)40(32)4)33(43)42-19-25(36)21-9-11-24(42)15-21/h10,12,16-18,20-21,24-25H,6-9,11,13-15,19,36H2,1-5H3,(H,37,44)/t20-,21-,24+,25+/m1/s1. The Morgan fingerprint density at radius 3 is 2.76 bits per heavy atom. The molecule has 4 bridgehead atoms. The van der Waals surface area contributed by atoms with E-state index < -0.39 is 5.60 Å². The first-order chi connectivity index (χ1) is 22.1. The minimum Gasteiger partial charge on any atom is -0.494 e. The largest absolute Gasteiger partial charge is 0.494 e. The van der Waals surface area contributed by atoms with Gasteiger partial charge in [-0.3, -0.25) is 9.59 Å². The summed E-state index contributed by atoms with van der Waals surface area (Å²) < 4.78 is 16.1. The number of fused-ring (bicyclic) bond motifs is 4. The van der Waals surface area contributed by atoms with Crippen LogP contribution in [0.2, 0.25) is 0 Å². The Morgan fingerprint density at radius 1 is 1.13 bits per heavy atom. The monoisotopic (exact) mass is 627 g/mol. The molecule has 11 heteroatoms. The minimum atomic E-state index is -0.915. The lowest BCUT2D eigenvalue weighted by Gasteiger charge is -2.37. The number of benzene rings is 1. The number of nitrogens with zero attached hydrogens (tertiary/aromatic N) is 5. The molecular weight excluding hydrogens is 582 g/mol. The van der Waals surface area contributed by atoms with Gasteiger partial charge >= 0.3 is 0 Å². The van der Waals surface area contributed by atoms with E-state index in [1.54, 1.807) is 7.11 Å². The van der Waals surface area contributed by atoms with E-state index in [2.05, 4.69) is 22.0 Å². The lowest BCUT2D eigenvalue weighted by Crippen LogP contribution is -2.51. The molecule has 0 unspecified atom stereocenters. The third kappa shape index (κ3) is 5.23. The molecule has 1 aromatic carbocycles. The summed E-state index contributed by atoms with van der Waals surface area (Å²) in [6.07, 6.45) is 5.79. The van der Waals surface area contributed by atoms with Crippen LogP contribution in [0.3, 0.4) is 0 Å². The number of hydrogen-bond donors (Lipinski definition) is 2. The Bertz CT molecular complexity index is 1820. The zero-order chi connectivity index (χ0) is 32.3. The normalized spacial score (nSPS) is 25.2. The van der Waals surface area contributed by atoms with Gasteiger partial charge in [-0.25, -0.2) is 9.97 Å². The van der Waals surface area contributed by atoms with Crippen molar-refractivity contribution in [1.82, 2.24) is 29.3 Å². The van der Waals surface area contributed by atoms with Crippen molar-refractivity contribution >= 4 is 33.9 Å². The van der Waals surface area contributed by atoms with Crippen LogP contribution in [0, 0.1) is 5.92 Å². The fourth-order valence-electron chi connectivity index (χ4n) is 7.60. The Morgan fingerprint density at radius 2 is 1.96 bits per heavy atom. The van der Waals surface area contributed by atoms with E-state index in [4.69, 9.17) is 25.2 Å². The number of nitrogens with one attached hydrogen (secondary N) is 1. The maximum atomic E-state index is 13.9. The van der Waals surface area contributed by atoms with E-state index in [-0.39, 0.29) is 29.9 Å². The van der Waals surface area contributed by atoms with Crippen LogP contribution in [0.4, 0.5) is 0 Å². The van der Waals surface area contributed by atoms with Gasteiger partial charge in [0.2, 0.25) is 0 Å². The van der Waals surface area contributed by atoms with Gasteiger partial charge in [0.1, 0.15) is 22.5 Å². The molecule has 3 aromatic heterocycles. The third-order valence-electron chi connectivity index (χ3n) is 10.4. The first kappa shape index (κ1) is 30.7. The second-order valence-electron chi connectivity index (χ2n) is 13.8. The minimum absolute atomic E-state index is 0.0132. The predicted molar refractivity (Wildman–Crippen MR) is 177 cm³/mol. The van der Waals surface area contributed by atoms with Crippen molar-refractivity contribution in [2.45, 2.75) is 89.6 Å². The number of amides is 2. The van der Waals surface area contributed by atoms with Crippen molar-refractivity contribution in [3.8, 4) is 17.3 Å². The van der Waals surface area contributed by atoms with Gasteiger partial charge in [-0.2, -0.15) is 0 Å². The second kappa shape index (κ2) is 11.7. The summed E-state index contributed by atoms with van der Waals surface area (Å²) >= 11 is 0. The summed E-state index contributed by atoms with van der Waals surface area (Å²) in [4.78, 5) is 39.1. The zero-order valence-electron chi connectivity index (χ0n) is 27.5. The number of hydrogen-bond acceptors (Lipinski definition) is 7. The number of carbonyl (C=O) groups excluding carboxylic acids is 2. The molecule has 3 N–H and O–H groups in total. The first-order valence-corrected chi connectivity index (χ1v) is 16.6. The van der Waals surface area contributed by atoms with Gasteiger partial charge in [0.25, 0.3) is 11.8 Å². The molecule has 4 atom stereocenters. The highest BCUT2D eigenvalue weighted by molar-refractivity contribution is 6.00. The van der Waals surface area contributed by atoms with E-state index in [1.807, 2.05) is 55.5 Å². The molecule has 0 spiro atoms. The van der Waals surface area contributed by atoms with Crippen molar-refractivity contribution in [3.63, 3.8) is 0 Å². The van der Waals surface area contributed by atoms with Crippen LogP contribution in [0.15, 0.2) is 30.3 Å². The molecule has 4 aromatic rings. The molecule has 1 aliphatic carbocycles. The van der Waals surface area contributed by atoms with E-state index >= 15 is 0 Å². The molecule has 2 fully saturated rings. The predicted octanol–water partition coefficient (Wildman–Crippen LogP) is 4.71. The highest BCUT2D eigenvalue weighted by atomic mass is 16.5. The molecule has 3 aliphatic rings. The molecule has 1 saturated carbocycles. The number of piperidine rings is 1. The highest BCUT2D eigenvalue weighted by Crippen LogP contribution is 2.39. The molecule has 5 heterocycles. The van der Waals surface area contributed by atoms with Gasteiger partial charge in [0.15, 0.2) is 5.82 Å². The third-order valence-corrected chi connectivity index (χ3v) is 10.4. The van der Waals surface area contributed by atoms with Gasteiger partial charge in [-0.15, -0.1) is 0 Å². The van der Waals surface area contributed by atoms with Crippen LogP contribution in [-0.4, -0.2) is 73.8 Å². The Kier molecular flexibility index (Phi) is 7.79. The van der Waals surface area contributed by atoms with E-state index in [9.17, 15) is 9.59 Å². The lowest BCUT2D eigenvalue weighted by molar-refractivity contribution is -0.143. The molecule has 0 radical (unpaired) electrons. The van der Waals surface area contributed by atoms with Gasteiger partial charge in [0.05, 0.1) is 30.1 Å². The molecule has 7 rings (SSSR count). The number of methoxy groups -OCH3 is 1. The molecular formula is C35H45N7O4. The van der Waals surface area contributed by atoms with Gasteiger partial charge in [-0.05, 0) is 95.5 Å². The fraction of sp³-hybridized carbons (Fsp3) is 0.543. The van der Waals surface area contributed by atoms with Crippen LogP contribution >= 0.6 is 0 Å². The van der Waals surface area contributed by atoms with Crippen LogP contribution < -0.4 is 15.8 Å². The van der Waals surface area contributed by atoms with Crippen LogP contribution in [-0.2, 0) is 23.1 Å². The van der Waals surface area contributed by atoms with Gasteiger partial charge < -0.3 is 34.6 Å². The Labute approximate surface area is 269 Å². The number of carbonyl (C=O) groups is 2. The maximum Gasteiger partial charge on any atom is 0.254 e. The average molecular weight is 628 g/mol. The van der Waals surface area contributed by atoms with Crippen LogP contribution in [0.25, 0.3) is 33.6 Å². The number of aryl methyl sites for hydroxylation is 2. The Hall–Kier alpha value is -3.96. The number of aromatic nitrogens is 4. The van der Waals surface area contributed by atoms with Crippen molar-refractivity contribution in [3.05, 3.63) is 41.6 Å². The summed E-state index contributed by atoms with van der Waals surface area (Å²) in [6, 6.07) is 9.86. The van der Waals surface area contributed by atoms with Crippen molar-refractivity contribution in [2.24, 2.45) is 18.7 Å². The van der Waals surface area contributed by atoms with Crippen molar-refractivity contribution < 1.29 is 19.1 Å². The molecule has 11 nitrogen and oxygen atoms in total. The SMILES string of the molecule is COc1cc(C(=O)N2C[C@H](N)[C@@H]3CC[C@H]2C3)cc2nc(-c3cc4ccc5nc4n3CCCCCOC(C)(C)C(=O)N[C@@H]5C)n(C)c12. The van der Waals surface area contributed by atoms with E-state index in [0.29, 0.717) is 35.9 Å². The number of ether oxygens (including phenoxy) is 2. The summed E-state index contributed by atoms with van der Waals surface area (Å²) in [6.45, 7) is 7.42. The zero-order valence-corrected chi connectivity index (χ0v) is 27.5. The Balaban J connectivity index is 1.30. The highest BCUT2D eigenvalue weighted by Gasteiger charge is 2.41. The van der Waals surface area contributed by atoms with Crippen molar-refractivity contribution in [1.29, 1.82) is 0 Å². The molecule has 1 saturated heterocycles. The number of nitrogens with two attached hydrogens (primary N) is 1. The van der Waals surface area contributed by atoms with Gasteiger partial charge in [-0.1, -0.05) is 0 Å². The van der Waals surface area contributed by atoms with Gasteiger partial charge in [0, 0.05) is 49.8 Å². The summed E-state index contributed by atoms with van der Waals surface area (Å²) in [5, 5.41) is 4.09. The van der Waals surface area contributed by atoms with E-state index in [0.717, 1.165) is 78.8 Å². The first-order valence-electron chi connectivity index (χ1n) is 16.6.